The zero-order valence-electron chi connectivity index (χ0n) is 9.57. The van der Waals surface area contributed by atoms with Gasteiger partial charge in [-0.1, -0.05) is 36.4 Å². The summed E-state index contributed by atoms with van der Waals surface area (Å²) in [4.78, 5) is 11.4. The van der Waals surface area contributed by atoms with Crippen molar-refractivity contribution in [3.8, 4) is 0 Å². The van der Waals surface area contributed by atoms with E-state index < -0.39 is 5.97 Å². The fourth-order valence-electron chi connectivity index (χ4n) is 1.67. The lowest BCUT2D eigenvalue weighted by molar-refractivity contribution is -0.135. The average molecular weight is 227 g/mol. The van der Waals surface area contributed by atoms with Gasteiger partial charge in [0.1, 0.15) is 5.71 Å². The maximum atomic E-state index is 11.4. The van der Waals surface area contributed by atoms with Crippen molar-refractivity contribution >= 4 is 22.5 Å². The van der Waals surface area contributed by atoms with Crippen molar-refractivity contribution in [2.75, 3.05) is 6.61 Å². The molecular formula is C14H13NO2. The molecule has 17 heavy (non-hydrogen) atoms. The van der Waals surface area contributed by atoms with E-state index in [9.17, 15) is 4.79 Å². The van der Waals surface area contributed by atoms with E-state index in [4.69, 9.17) is 10.1 Å². The van der Waals surface area contributed by atoms with Crippen molar-refractivity contribution in [1.82, 2.24) is 0 Å². The molecule has 3 nitrogen and oxygen atoms in total. The number of fused-ring (bicyclic) bond motifs is 1. The van der Waals surface area contributed by atoms with Crippen LogP contribution in [0.5, 0.6) is 0 Å². The minimum Gasteiger partial charge on any atom is -0.461 e. The van der Waals surface area contributed by atoms with Crippen molar-refractivity contribution in [3.63, 3.8) is 0 Å². The first-order valence-corrected chi connectivity index (χ1v) is 5.47. The minimum atomic E-state index is -0.581. The van der Waals surface area contributed by atoms with Gasteiger partial charge in [0.15, 0.2) is 0 Å². The van der Waals surface area contributed by atoms with Gasteiger partial charge >= 0.3 is 5.97 Å². The molecule has 0 unspecified atom stereocenters. The fraction of sp³-hybridized carbons (Fsp3) is 0.143. The largest absolute Gasteiger partial charge is 0.461 e. The van der Waals surface area contributed by atoms with Crippen LogP contribution in [0.25, 0.3) is 10.8 Å². The molecule has 0 bridgehead atoms. The second kappa shape index (κ2) is 4.78. The minimum absolute atomic E-state index is 0.0994. The SMILES string of the molecule is CCOC(=O)C(=N)c1ccc2ccccc2c1. The van der Waals surface area contributed by atoms with Crippen LogP contribution in [-0.4, -0.2) is 18.3 Å². The summed E-state index contributed by atoms with van der Waals surface area (Å²) in [5, 5.41) is 9.84. The van der Waals surface area contributed by atoms with Crippen LogP contribution < -0.4 is 0 Å². The van der Waals surface area contributed by atoms with Crippen molar-refractivity contribution in [3.05, 3.63) is 48.0 Å². The Morgan fingerprint density at radius 3 is 2.59 bits per heavy atom. The van der Waals surface area contributed by atoms with Crippen molar-refractivity contribution in [2.24, 2.45) is 0 Å². The molecule has 0 aliphatic rings. The summed E-state index contributed by atoms with van der Waals surface area (Å²) in [6.07, 6.45) is 0. The van der Waals surface area contributed by atoms with Crippen LogP contribution in [0.1, 0.15) is 12.5 Å². The first kappa shape index (κ1) is 11.3. The molecule has 3 heteroatoms. The molecule has 0 aromatic heterocycles. The lowest BCUT2D eigenvalue weighted by Gasteiger charge is -2.05. The van der Waals surface area contributed by atoms with Gasteiger partial charge in [-0.05, 0) is 23.8 Å². The molecule has 0 fully saturated rings. The number of rotatable bonds is 3. The van der Waals surface area contributed by atoms with Crippen LogP contribution >= 0.6 is 0 Å². The van der Waals surface area contributed by atoms with Gasteiger partial charge in [0, 0.05) is 5.56 Å². The number of hydrogen-bond acceptors (Lipinski definition) is 3. The third-order valence-electron chi connectivity index (χ3n) is 2.52. The Morgan fingerprint density at radius 1 is 1.18 bits per heavy atom. The predicted octanol–water partition coefficient (Wildman–Crippen LogP) is 2.77. The topological polar surface area (TPSA) is 50.2 Å². The van der Waals surface area contributed by atoms with Gasteiger partial charge < -0.3 is 4.74 Å². The summed E-state index contributed by atoms with van der Waals surface area (Å²) in [5.41, 5.74) is 0.486. The lowest BCUT2D eigenvalue weighted by Crippen LogP contribution is -2.17. The molecule has 86 valence electrons. The standard InChI is InChI=1S/C14H13NO2/c1-2-17-14(16)13(15)12-8-7-10-5-3-4-6-11(10)9-12/h3-9,15H,2H2,1H3. The maximum absolute atomic E-state index is 11.4. The van der Waals surface area contributed by atoms with Crippen molar-refractivity contribution in [1.29, 1.82) is 5.41 Å². The average Bonchev–Trinajstić information content (AvgIpc) is 2.37. The molecular weight excluding hydrogens is 214 g/mol. The normalized spacial score (nSPS) is 10.2. The molecule has 0 saturated carbocycles. The third-order valence-corrected chi connectivity index (χ3v) is 2.52. The van der Waals surface area contributed by atoms with Crippen molar-refractivity contribution in [2.45, 2.75) is 6.92 Å². The van der Waals surface area contributed by atoms with E-state index >= 15 is 0 Å². The highest BCUT2D eigenvalue weighted by Crippen LogP contribution is 2.16. The van der Waals surface area contributed by atoms with Crippen LogP contribution in [0.3, 0.4) is 0 Å². The molecule has 0 aliphatic heterocycles. The molecule has 0 amide bonds. The highest BCUT2D eigenvalue weighted by atomic mass is 16.5. The highest BCUT2D eigenvalue weighted by Gasteiger charge is 2.12. The van der Waals surface area contributed by atoms with Crippen LogP contribution in [0, 0.1) is 5.41 Å². The van der Waals surface area contributed by atoms with Gasteiger partial charge in [-0.3, -0.25) is 5.41 Å². The van der Waals surface area contributed by atoms with E-state index in [-0.39, 0.29) is 12.3 Å². The van der Waals surface area contributed by atoms with Gasteiger partial charge in [0.05, 0.1) is 6.61 Å². The Bertz CT molecular complexity index is 575. The Balaban J connectivity index is 2.36. The van der Waals surface area contributed by atoms with Gasteiger partial charge in [-0.2, -0.15) is 0 Å². The summed E-state index contributed by atoms with van der Waals surface area (Å²) >= 11 is 0. The first-order valence-electron chi connectivity index (χ1n) is 5.47. The van der Waals surface area contributed by atoms with Crippen LogP contribution in [-0.2, 0) is 9.53 Å². The Morgan fingerprint density at radius 2 is 1.88 bits per heavy atom. The van der Waals surface area contributed by atoms with Crippen molar-refractivity contribution < 1.29 is 9.53 Å². The molecule has 2 rings (SSSR count). The summed E-state index contributed by atoms with van der Waals surface area (Å²) in [6, 6.07) is 13.3. The lowest BCUT2D eigenvalue weighted by atomic mass is 10.0. The molecule has 0 spiro atoms. The molecule has 0 saturated heterocycles. The smallest absolute Gasteiger partial charge is 0.356 e. The molecule has 2 aromatic rings. The third kappa shape index (κ3) is 2.33. The Labute approximate surface area is 99.5 Å². The number of ether oxygens (including phenoxy) is 1. The number of esters is 1. The van der Waals surface area contributed by atoms with E-state index in [2.05, 4.69) is 0 Å². The number of carbonyl (C=O) groups excluding carboxylic acids is 1. The molecule has 0 radical (unpaired) electrons. The summed E-state index contributed by atoms with van der Waals surface area (Å²) in [7, 11) is 0. The zero-order valence-corrected chi connectivity index (χ0v) is 9.57. The van der Waals surface area contributed by atoms with Gasteiger partial charge in [0.2, 0.25) is 0 Å². The van der Waals surface area contributed by atoms with Crippen LogP contribution in [0.4, 0.5) is 0 Å². The number of benzene rings is 2. The molecule has 0 aliphatic carbocycles. The van der Waals surface area contributed by atoms with Crippen LogP contribution in [0.15, 0.2) is 42.5 Å². The second-order valence-corrected chi connectivity index (χ2v) is 3.66. The second-order valence-electron chi connectivity index (χ2n) is 3.66. The summed E-state index contributed by atoms with van der Waals surface area (Å²) in [5.74, 6) is -0.581. The number of hydrogen-bond donors (Lipinski definition) is 1. The number of nitrogens with one attached hydrogen (secondary N) is 1. The van der Waals surface area contributed by atoms with Gasteiger partial charge in [-0.15, -0.1) is 0 Å². The number of carbonyl (C=O) groups is 1. The zero-order chi connectivity index (χ0) is 12.3. The fourth-order valence-corrected chi connectivity index (χ4v) is 1.67. The van der Waals surface area contributed by atoms with Crippen LogP contribution in [0.2, 0.25) is 0 Å². The highest BCUT2D eigenvalue weighted by molar-refractivity contribution is 6.42. The van der Waals surface area contributed by atoms with E-state index in [1.807, 2.05) is 36.4 Å². The molecule has 0 heterocycles. The van der Waals surface area contributed by atoms with Gasteiger partial charge in [0.25, 0.3) is 0 Å². The van der Waals surface area contributed by atoms with E-state index in [0.717, 1.165) is 10.8 Å². The quantitative estimate of drug-likeness (QED) is 0.647. The Hall–Kier alpha value is -2.16. The van der Waals surface area contributed by atoms with E-state index in [1.54, 1.807) is 13.0 Å². The molecule has 2 aromatic carbocycles. The Kier molecular flexibility index (Phi) is 3.19. The monoisotopic (exact) mass is 227 g/mol. The molecule has 0 atom stereocenters. The predicted molar refractivity (Wildman–Crippen MR) is 67.4 cm³/mol. The molecule has 1 N–H and O–H groups in total. The van der Waals surface area contributed by atoms with Gasteiger partial charge in [-0.25, -0.2) is 4.79 Å². The maximum Gasteiger partial charge on any atom is 0.356 e. The summed E-state index contributed by atoms with van der Waals surface area (Å²) in [6.45, 7) is 2.01. The van der Waals surface area contributed by atoms with E-state index in [1.165, 1.54) is 0 Å². The van der Waals surface area contributed by atoms with E-state index in [0.29, 0.717) is 5.56 Å². The summed E-state index contributed by atoms with van der Waals surface area (Å²) < 4.78 is 4.81. The first-order chi connectivity index (χ1) is 8.22.